The molecule has 2 aromatic rings. The van der Waals surface area contributed by atoms with Gasteiger partial charge in [0, 0.05) is 11.0 Å². The molecule has 24 heavy (non-hydrogen) atoms. The molecule has 0 spiro atoms. The highest BCUT2D eigenvalue weighted by Gasteiger charge is 2.19. The van der Waals surface area contributed by atoms with Crippen molar-refractivity contribution in [3.63, 3.8) is 0 Å². The monoisotopic (exact) mass is 390 g/mol. The largest absolute Gasteiger partial charge is 0.481 e. The third kappa shape index (κ3) is 5.35. The second-order valence-corrected chi connectivity index (χ2v) is 6.76. The molecule has 0 aliphatic carbocycles. The van der Waals surface area contributed by atoms with Crippen LogP contribution in [0.1, 0.15) is 18.5 Å². The van der Waals surface area contributed by atoms with E-state index in [9.17, 15) is 4.79 Å². The SMILES string of the molecule is CC(Oc1ccc(Br)cc1)C(=O)NCC(c1ccccc1)N(C)C. The van der Waals surface area contributed by atoms with Crippen molar-refractivity contribution in [2.45, 2.75) is 19.1 Å². The number of benzene rings is 2. The summed E-state index contributed by atoms with van der Waals surface area (Å²) in [4.78, 5) is 14.4. The number of amides is 1. The lowest BCUT2D eigenvalue weighted by molar-refractivity contribution is -0.127. The van der Waals surface area contributed by atoms with Gasteiger partial charge in [0.05, 0.1) is 6.04 Å². The molecule has 5 heteroatoms. The second-order valence-electron chi connectivity index (χ2n) is 5.85. The zero-order valence-corrected chi connectivity index (χ0v) is 15.8. The van der Waals surface area contributed by atoms with Gasteiger partial charge in [0.2, 0.25) is 0 Å². The molecule has 0 aliphatic heterocycles. The fourth-order valence-electron chi connectivity index (χ4n) is 2.39. The van der Waals surface area contributed by atoms with Gasteiger partial charge in [-0.2, -0.15) is 0 Å². The Balaban J connectivity index is 1.91. The number of likely N-dealkylation sites (N-methyl/N-ethyl adjacent to an activating group) is 1. The number of rotatable bonds is 7. The van der Waals surface area contributed by atoms with Crippen LogP contribution in [0.3, 0.4) is 0 Å². The third-order valence-electron chi connectivity index (χ3n) is 3.77. The Labute approximate surface area is 151 Å². The summed E-state index contributed by atoms with van der Waals surface area (Å²) in [5, 5.41) is 2.98. The van der Waals surface area contributed by atoms with Crippen LogP contribution in [0.4, 0.5) is 0 Å². The van der Waals surface area contributed by atoms with Gasteiger partial charge in [0.25, 0.3) is 5.91 Å². The minimum atomic E-state index is -0.551. The normalized spacial score (nSPS) is 13.4. The van der Waals surface area contributed by atoms with Crippen molar-refractivity contribution in [2.75, 3.05) is 20.6 Å². The van der Waals surface area contributed by atoms with E-state index in [0.717, 1.165) is 4.47 Å². The molecule has 2 rings (SSSR count). The van der Waals surface area contributed by atoms with E-state index in [1.807, 2.05) is 56.6 Å². The summed E-state index contributed by atoms with van der Waals surface area (Å²) in [6.45, 7) is 2.29. The molecule has 0 saturated carbocycles. The molecule has 0 fully saturated rings. The van der Waals surface area contributed by atoms with Gasteiger partial charge in [-0.3, -0.25) is 4.79 Å². The van der Waals surface area contributed by atoms with Crippen molar-refractivity contribution in [1.29, 1.82) is 0 Å². The summed E-state index contributed by atoms with van der Waals surface area (Å²) in [5.74, 6) is 0.550. The summed E-state index contributed by atoms with van der Waals surface area (Å²) < 4.78 is 6.66. The predicted octanol–water partition coefficient (Wildman–Crippen LogP) is 3.64. The van der Waals surface area contributed by atoms with Crippen LogP contribution in [-0.2, 0) is 4.79 Å². The van der Waals surface area contributed by atoms with E-state index in [4.69, 9.17) is 4.74 Å². The molecule has 4 nitrogen and oxygen atoms in total. The Morgan fingerprint density at radius 3 is 2.33 bits per heavy atom. The van der Waals surface area contributed by atoms with Crippen LogP contribution in [-0.4, -0.2) is 37.6 Å². The number of hydrogen-bond acceptors (Lipinski definition) is 3. The van der Waals surface area contributed by atoms with E-state index in [1.165, 1.54) is 5.56 Å². The first-order valence-corrected chi connectivity index (χ1v) is 8.68. The summed E-state index contributed by atoms with van der Waals surface area (Å²) in [6.07, 6.45) is -0.551. The van der Waals surface area contributed by atoms with Crippen molar-refractivity contribution >= 4 is 21.8 Å². The zero-order chi connectivity index (χ0) is 17.5. The predicted molar refractivity (Wildman–Crippen MR) is 100 cm³/mol. The van der Waals surface area contributed by atoms with E-state index in [-0.39, 0.29) is 11.9 Å². The van der Waals surface area contributed by atoms with E-state index >= 15 is 0 Å². The van der Waals surface area contributed by atoms with E-state index in [1.54, 1.807) is 6.92 Å². The molecule has 0 radical (unpaired) electrons. The lowest BCUT2D eigenvalue weighted by Crippen LogP contribution is -2.40. The van der Waals surface area contributed by atoms with Gasteiger partial charge in [0.1, 0.15) is 5.75 Å². The first-order valence-electron chi connectivity index (χ1n) is 7.88. The lowest BCUT2D eigenvalue weighted by atomic mass is 10.1. The average Bonchev–Trinajstić information content (AvgIpc) is 2.57. The Morgan fingerprint density at radius 1 is 1.12 bits per heavy atom. The van der Waals surface area contributed by atoms with Crippen LogP contribution in [0.25, 0.3) is 0 Å². The van der Waals surface area contributed by atoms with Crippen molar-refractivity contribution in [2.24, 2.45) is 0 Å². The quantitative estimate of drug-likeness (QED) is 0.784. The maximum Gasteiger partial charge on any atom is 0.260 e. The molecular formula is C19H23BrN2O2. The molecule has 0 aliphatic rings. The molecule has 0 aromatic heterocycles. The van der Waals surface area contributed by atoms with Crippen LogP contribution >= 0.6 is 15.9 Å². The summed E-state index contributed by atoms with van der Waals surface area (Å²) in [7, 11) is 4.01. The van der Waals surface area contributed by atoms with Crippen molar-refractivity contribution < 1.29 is 9.53 Å². The van der Waals surface area contributed by atoms with Gasteiger partial charge < -0.3 is 15.0 Å². The molecule has 2 unspecified atom stereocenters. The van der Waals surface area contributed by atoms with Crippen LogP contribution in [0, 0.1) is 0 Å². The number of nitrogens with zero attached hydrogens (tertiary/aromatic N) is 1. The van der Waals surface area contributed by atoms with Gasteiger partial charge >= 0.3 is 0 Å². The lowest BCUT2D eigenvalue weighted by Gasteiger charge is -2.26. The Hall–Kier alpha value is -1.85. The smallest absolute Gasteiger partial charge is 0.260 e. The number of carbonyl (C=O) groups is 1. The number of hydrogen-bond donors (Lipinski definition) is 1. The molecule has 2 atom stereocenters. The Morgan fingerprint density at radius 2 is 1.75 bits per heavy atom. The van der Waals surface area contributed by atoms with Crippen molar-refractivity contribution in [1.82, 2.24) is 10.2 Å². The van der Waals surface area contributed by atoms with E-state index in [0.29, 0.717) is 12.3 Å². The minimum absolute atomic E-state index is 0.120. The van der Waals surface area contributed by atoms with Gasteiger partial charge in [-0.1, -0.05) is 46.3 Å². The fourth-order valence-corrected chi connectivity index (χ4v) is 2.65. The second kappa shape index (κ2) is 8.85. The van der Waals surface area contributed by atoms with Gasteiger partial charge in [-0.25, -0.2) is 0 Å². The van der Waals surface area contributed by atoms with Crippen molar-refractivity contribution in [3.8, 4) is 5.75 Å². The van der Waals surface area contributed by atoms with E-state index in [2.05, 4.69) is 38.3 Å². The molecule has 0 heterocycles. The molecule has 0 bridgehead atoms. The minimum Gasteiger partial charge on any atom is -0.481 e. The van der Waals surface area contributed by atoms with Gasteiger partial charge in [0.15, 0.2) is 6.10 Å². The zero-order valence-electron chi connectivity index (χ0n) is 14.2. The van der Waals surface area contributed by atoms with Gasteiger partial charge in [-0.15, -0.1) is 0 Å². The third-order valence-corrected chi connectivity index (χ3v) is 4.30. The molecule has 1 amide bonds. The topological polar surface area (TPSA) is 41.6 Å². The first kappa shape index (κ1) is 18.5. The van der Waals surface area contributed by atoms with Crippen LogP contribution in [0.15, 0.2) is 59.1 Å². The maximum absolute atomic E-state index is 12.3. The van der Waals surface area contributed by atoms with Crippen LogP contribution < -0.4 is 10.1 Å². The highest BCUT2D eigenvalue weighted by atomic mass is 79.9. The van der Waals surface area contributed by atoms with Crippen molar-refractivity contribution in [3.05, 3.63) is 64.6 Å². The first-order chi connectivity index (χ1) is 11.5. The molecule has 2 aromatic carbocycles. The fraction of sp³-hybridized carbons (Fsp3) is 0.316. The maximum atomic E-state index is 12.3. The van der Waals surface area contributed by atoms with E-state index < -0.39 is 6.10 Å². The van der Waals surface area contributed by atoms with Crippen LogP contribution in [0.5, 0.6) is 5.75 Å². The molecule has 128 valence electrons. The summed E-state index contributed by atoms with van der Waals surface area (Å²) in [6, 6.07) is 17.7. The number of nitrogens with one attached hydrogen (secondary N) is 1. The summed E-state index contributed by atoms with van der Waals surface area (Å²) >= 11 is 3.38. The highest BCUT2D eigenvalue weighted by molar-refractivity contribution is 9.10. The molecule has 0 saturated heterocycles. The summed E-state index contributed by atoms with van der Waals surface area (Å²) in [5.41, 5.74) is 1.17. The number of carbonyl (C=O) groups excluding carboxylic acids is 1. The molecule has 1 N–H and O–H groups in total. The molecular weight excluding hydrogens is 368 g/mol. The average molecular weight is 391 g/mol. The number of ether oxygens (including phenoxy) is 1. The Kier molecular flexibility index (Phi) is 6.82. The Bertz CT molecular complexity index is 644. The van der Waals surface area contributed by atoms with Crippen LogP contribution in [0.2, 0.25) is 0 Å². The number of halogens is 1. The highest BCUT2D eigenvalue weighted by Crippen LogP contribution is 2.18. The van der Waals surface area contributed by atoms with Gasteiger partial charge in [-0.05, 0) is 50.8 Å². The standard InChI is InChI=1S/C19H23BrN2O2/c1-14(24-17-11-9-16(20)10-12-17)19(23)21-13-18(22(2)3)15-7-5-4-6-8-15/h4-12,14,18H,13H2,1-3H3,(H,21,23).